The molecule has 78 valence electrons. The summed E-state index contributed by atoms with van der Waals surface area (Å²) in [6.45, 7) is 6.92. The van der Waals surface area contributed by atoms with Crippen molar-refractivity contribution in [1.29, 1.82) is 0 Å². The zero-order valence-electron chi connectivity index (χ0n) is 8.95. The standard InChI is InChI=1S/C10H17N3O/c1-7(5-11)6-13-9(3)12-8(2)4-10(13)14/h4,7H,5-6,11H2,1-3H3. The van der Waals surface area contributed by atoms with Gasteiger partial charge in [-0.25, -0.2) is 4.98 Å². The summed E-state index contributed by atoms with van der Waals surface area (Å²) < 4.78 is 1.67. The Labute approximate surface area is 83.8 Å². The normalized spacial score (nSPS) is 12.9. The molecule has 1 heterocycles. The Balaban J connectivity index is 3.03. The molecule has 14 heavy (non-hydrogen) atoms. The number of hydrogen-bond donors (Lipinski definition) is 1. The first-order valence-corrected chi connectivity index (χ1v) is 4.79. The minimum atomic E-state index is 0.00954. The fourth-order valence-corrected chi connectivity index (χ4v) is 1.37. The molecule has 0 bridgehead atoms. The van der Waals surface area contributed by atoms with Crippen LogP contribution in [0.1, 0.15) is 18.4 Å². The summed E-state index contributed by atoms with van der Waals surface area (Å²) in [4.78, 5) is 15.8. The van der Waals surface area contributed by atoms with Gasteiger partial charge in [-0.05, 0) is 26.3 Å². The monoisotopic (exact) mass is 195 g/mol. The second-order valence-electron chi connectivity index (χ2n) is 3.73. The van der Waals surface area contributed by atoms with Crippen LogP contribution in [0.2, 0.25) is 0 Å². The van der Waals surface area contributed by atoms with Gasteiger partial charge >= 0.3 is 0 Å². The third-order valence-corrected chi connectivity index (χ3v) is 2.22. The maximum atomic E-state index is 11.6. The number of rotatable bonds is 3. The lowest BCUT2D eigenvalue weighted by Crippen LogP contribution is -2.28. The molecular formula is C10H17N3O. The van der Waals surface area contributed by atoms with Crippen molar-refractivity contribution >= 4 is 0 Å². The zero-order chi connectivity index (χ0) is 10.7. The number of aromatic nitrogens is 2. The molecule has 0 radical (unpaired) electrons. The SMILES string of the molecule is Cc1cc(=O)n(CC(C)CN)c(C)n1. The molecule has 1 aromatic heterocycles. The van der Waals surface area contributed by atoms with Crippen LogP contribution in [0.5, 0.6) is 0 Å². The lowest BCUT2D eigenvalue weighted by Gasteiger charge is -2.13. The van der Waals surface area contributed by atoms with Crippen molar-refractivity contribution in [1.82, 2.24) is 9.55 Å². The topological polar surface area (TPSA) is 60.9 Å². The van der Waals surface area contributed by atoms with Gasteiger partial charge in [0.05, 0.1) is 0 Å². The predicted molar refractivity (Wildman–Crippen MR) is 56.2 cm³/mol. The minimum absolute atomic E-state index is 0.00954. The summed E-state index contributed by atoms with van der Waals surface area (Å²) in [7, 11) is 0. The quantitative estimate of drug-likeness (QED) is 0.762. The van der Waals surface area contributed by atoms with E-state index in [1.54, 1.807) is 10.6 Å². The van der Waals surface area contributed by atoms with Crippen molar-refractivity contribution < 1.29 is 0 Å². The molecule has 0 amide bonds. The highest BCUT2D eigenvalue weighted by atomic mass is 16.1. The van der Waals surface area contributed by atoms with Crippen molar-refractivity contribution in [2.75, 3.05) is 6.54 Å². The third kappa shape index (κ3) is 2.42. The van der Waals surface area contributed by atoms with Crippen LogP contribution in [0.3, 0.4) is 0 Å². The van der Waals surface area contributed by atoms with Gasteiger partial charge in [0, 0.05) is 18.3 Å². The van der Waals surface area contributed by atoms with Gasteiger partial charge in [-0.15, -0.1) is 0 Å². The van der Waals surface area contributed by atoms with Crippen molar-refractivity contribution in [3.63, 3.8) is 0 Å². The van der Waals surface area contributed by atoms with Crippen LogP contribution in [0, 0.1) is 19.8 Å². The molecule has 0 saturated heterocycles. The maximum absolute atomic E-state index is 11.6. The van der Waals surface area contributed by atoms with E-state index in [2.05, 4.69) is 4.98 Å². The third-order valence-electron chi connectivity index (χ3n) is 2.22. The summed E-state index contributed by atoms with van der Waals surface area (Å²) in [5, 5.41) is 0. The van der Waals surface area contributed by atoms with Crippen molar-refractivity contribution in [2.45, 2.75) is 27.3 Å². The fraction of sp³-hybridized carbons (Fsp3) is 0.600. The van der Waals surface area contributed by atoms with Crippen LogP contribution in [0.25, 0.3) is 0 Å². The van der Waals surface area contributed by atoms with Gasteiger partial charge in [-0.3, -0.25) is 9.36 Å². The van der Waals surface area contributed by atoms with Gasteiger partial charge in [0.15, 0.2) is 0 Å². The van der Waals surface area contributed by atoms with Crippen molar-refractivity contribution in [3.8, 4) is 0 Å². The Morgan fingerprint density at radius 1 is 1.57 bits per heavy atom. The largest absolute Gasteiger partial charge is 0.330 e. The minimum Gasteiger partial charge on any atom is -0.330 e. The molecule has 1 atom stereocenters. The lowest BCUT2D eigenvalue weighted by atomic mass is 10.2. The van der Waals surface area contributed by atoms with Crippen LogP contribution in [0.15, 0.2) is 10.9 Å². The molecule has 4 nitrogen and oxygen atoms in total. The summed E-state index contributed by atoms with van der Waals surface area (Å²) in [6.07, 6.45) is 0. The van der Waals surface area contributed by atoms with Crippen LogP contribution in [-0.4, -0.2) is 16.1 Å². The molecule has 0 aliphatic carbocycles. The van der Waals surface area contributed by atoms with Crippen molar-refractivity contribution in [3.05, 3.63) is 27.9 Å². The number of aryl methyl sites for hydroxylation is 2. The van der Waals surface area contributed by atoms with Gasteiger partial charge in [-0.1, -0.05) is 6.92 Å². The Kier molecular flexibility index (Phi) is 3.41. The summed E-state index contributed by atoms with van der Waals surface area (Å²) in [6, 6.07) is 1.55. The van der Waals surface area contributed by atoms with E-state index in [0.29, 0.717) is 19.0 Å². The average Bonchev–Trinajstić information content (AvgIpc) is 2.10. The Morgan fingerprint density at radius 2 is 2.21 bits per heavy atom. The second-order valence-corrected chi connectivity index (χ2v) is 3.73. The van der Waals surface area contributed by atoms with Crippen LogP contribution in [-0.2, 0) is 6.54 Å². The van der Waals surface area contributed by atoms with Gasteiger partial charge < -0.3 is 5.73 Å². The number of nitrogens with zero attached hydrogens (tertiary/aromatic N) is 2. The number of hydrogen-bond acceptors (Lipinski definition) is 3. The molecule has 0 spiro atoms. The Bertz CT molecular complexity index is 370. The fourth-order valence-electron chi connectivity index (χ4n) is 1.37. The van der Waals surface area contributed by atoms with Gasteiger partial charge in [0.25, 0.3) is 5.56 Å². The Morgan fingerprint density at radius 3 is 2.71 bits per heavy atom. The maximum Gasteiger partial charge on any atom is 0.253 e. The van der Waals surface area contributed by atoms with E-state index in [-0.39, 0.29) is 5.56 Å². The van der Waals surface area contributed by atoms with E-state index >= 15 is 0 Å². The second kappa shape index (κ2) is 4.37. The average molecular weight is 195 g/mol. The van der Waals surface area contributed by atoms with E-state index in [1.165, 1.54) is 0 Å². The highest BCUT2D eigenvalue weighted by molar-refractivity contribution is 5.01. The smallest absolute Gasteiger partial charge is 0.253 e. The van der Waals surface area contributed by atoms with Gasteiger partial charge in [-0.2, -0.15) is 0 Å². The van der Waals surface area contributed by atoms with E-state index < -0.39 is 0 Å². The molecule has 1 unspecified atom stereocenters. The van der Waals surface area contributed by atoms with E-state index in [9.17, 15) is 4.79 Å². The zero-order valence-corrected chi connectivity index (χ0v) is 8.95. The highest BCUT2D eigenvalue weighted by Gasteiger charge is 2.06. The van der Waals surface area contributed by atoms with Gasteiger partial charge in [0.2, 0.25) is 0 Å². The first-order valence-electron chi connectivity index (χ1n) is 4.79. The summed E-state index contributed by atoms with van der Waals surface area (Å²) in [5.41, 5.74) is 6.29. The molecule has 1 rings (SSSR count). The molecule has 0 saturated carbocycles. The first-order chi connectivity index (χ1) is 6.54. The number of nitrogens with two attached hydrogens (primary N) is 1. The van der Waals surface area contributed by atoms with E-state index in [1.807, 2.05) is 20.8 Å². The molecule has 0 aliphatic rings. The Hall–Kier alpha value is -1.16. The van der Waals surface area contributed by atoms with E-state index in [0.717, 1.165) is 11.5 Å². The van der Waals surface area contributed by atoms with E-state index in [4.69, 9.17) is 5.73 Å². The highest BCUT2D eigenvalue weighted by Crippen LogP contribution is 1.99. The van der Waals surface area contributed by atoms with Crippen molar-refractivity contribution in [2.24, 2.45) is 11.7 Å². The van der Waals surface area contributed by atoms with Crippen LogP contribution in [0.4, 0.5) is 0 Å². The molecule has 0 aromatic carbocycles. The molecule has 0 aliphatic heterocycles. The molecule has 1 aromatic rings. The van der Waals surface area contributed by atoms with Gasteiger partial charge in [0.1, 0.15) is 5.82 Å². The van der Waals surface area contributed by atoms with Crippen LogP contribution >= 0.6 is 0 Å². The predicted octanol–water partition coefficient (Wildman–Crippen LogP) is 0.455. The summed E-state index contributed by atoms with van der Waals surface area (Å²) in [5.74, 6) is 1.06. The molecule has 4 heteroatoms. The molecule has 2 N–H and O–H groups in total. The lowest BCUT2D eigenvalue weighted by molar-refractivity contribution is 0.467. The van der Waals surface area contributed by atoms with Crippen LogP contribution < -0.4 is 11.3 Å². The molecule has 0 fully saturated rings. The molecular weight excluding hydrogens is 178 g/mol. The summed E-state index contributed by atoms with van der Waals surface area (Å²) >= 11 is 0. The first kappa shape index (κ1) is 10.9.